The van der Waals surface area contributed by atoms with E-state index < -0.39 is 24.1 Å². The molecular formula is C13H15Cl2FN2O3. The molecule has 0 spiro atoms. The Morgan fingerprint density at radius 1 is 1.38 bits per heavy atom. The van der Waals surface area contributed by atoms with Crippen molar-refractivity contribution in [3.05, 3.63) is 16.0 Å². The number of carbonyl (C=O) groups excluding carboxylic acids is 1. The van der Waals surface area contributed by atoms with Gasteiger partial charge < -0.3 is 15.2 Å². The van der Waals surface area contributed by atoms with Gasteiger partial charge in [0.2, 0.25) is 11.8 Å². The molecule has 1 aromatic rings. The Morgan fingerprint density at radius 3 is 2.62 bits per heavy atom. The van der Waals surface area contributed by atoms with E-state index in [1.54, 1.807) is 0 Å². The number of nitrogens with zero attached hydrogens (tertiary/aromatic N) is 1. The molecule has 1 fully saturated rings. The lowest BCUT2D eigenvalue weighted by Gasteiger charge is -2.23. The van der Waals surface area contributed by atoms with Gasteiger partial charge >= 0.3 is 5.97 Å². The van der Waals surface area contributed by atoms with Gasteiger partial charge in [-0.25, -0.2) is 4.79 Å². The van der Waals surface area contributed by atoms with E-state index in [9.17, 15) is 9.18 Å². The summed E-state index contributed by atoms with van der Waals surface area (Å²) in [6.07, 6.45) is 3.69. The van der Waals surface area contributed by atoms with Gasteiger partial charge in [-0.2, -0.15) is 9.37 Å². The van der Waals surface area contributed by atoms with Gasteiger partial charge in [0.25, 0.3) is 0 Å². The number of nitrogens with two attached hydrogens (primary N) is 1. The molecule has 116 valence electrons. The first kappa shape index (κ1) is 16.1. The zero-order valence-corrected chi connectivity index (χ0v) is 12.9. The molecule has 0 bridgehead atoms. The maximum Gasteiger partial charge on any atom is 0.344 e. The van der Waals surface area contributed by atoms with Crippen LogP contribution in [0.1, 0.15) is 32.6 Å². The van der Waals surface area contributed by atoms with Crippen LogP contribution in [0, 0.1) is 5.95 Å². The van der Waals surface area contributed by atoms with Crippen molar-refractivity contribution in [1.82, 2.24) is 4.98 Å². The number of nitrogen functional groups attached to an aromatic ring is 1. The number of hydrogen-bond acceptors (Lipinski definition) is 5. The molecule has 1 heterocycles. The number of hydrogen-bond donors (Lipinski definition) is 1. The zero-order chi connectivity index (χ0) is 15.6. The van der Waals surface area contributed by atoms with Crippen LogP contribution in [0.4, 0.5) is 10.1 Å². The third kappa shape index (κ3) is 3.68. The first-order chi connectivity index (χ1) is 9.82. The number of ether oxygens (including phenoxy) is 2. The Bertz CT molecular complexity index is 563. The highest BCUT2D eigenvalue weighted by Crippen LogP contribution is 2.35. The molecule has 2 N–H and O–H groups in total. The third-order valence-electron chi connectivity index (χ3n) is 3.39. The van der Waals surface area contributed by atoms with Crippen LogP contribution in [0.2, 0.25) is 10.0 Å². The van der Waals surface area contributed by atoms with E-state index in [-0.39, 0.29) is 21.6 Å². The predicted octanol–water partition coefficient (Wildman–Crippen LogP) is 3.36. The number of pyridine rings is 1. The Balaban J connectivity index is 1.98. The summed E-state index contributed by atoms with van der Waals surface area (Å²) < 4.78 is 23.8. The van der Waals surface area contributed by atoms with E-state index in [2.05, 4.69) is 4.98 Å². The zero-order valence-electron chi connectivity index (χ0n) is 11.4. The molecule has 0 saturated heterocycles. The summed E-state index contributed by atoms with van der Waals surface area (Å²) in [5.74, 6) is -1.86. The molecule has 0 aliphatic heterocycles. The number of carbonyl (C=O) groups is 1. The highest BCUT2D eigenvalue weighted by molar-refractivity contribution is 6.39. The van der Waals surface area contributed by atoms with Gasteiger partial charge in [-0.15, -0.1) is 0 Å². The number of aromatic nitrogens is 1. The van der Waals surface area contributed by atoms with Gasteiger partial charge in [0, 0.05) is 0 Å². The molecule has 0 radical (unpaired) electrons. The van der Waals surface area contributed by atoms with E-state index in [1.165, 1.54) is 0 Å². The Hall–Kier alpha value is -1.27. The van der Waals surface area contributed by atoms with E-state index >= 15 is 0 Å². The van der Waals surface area contributed by atoms with Gasteiger partial charge in [0.15, 0.2) is 6.61 Å². The van der Waals surface area contributed by atoms with Gasteiger partial charge in [-0.3, -0.25) is 0 Å². The molecule has 0 aromatic carbocycles. The summed E-state index contributed by atoms with van der Waals surface area (Å²) in [5.41, 5.74) is 4.86. The van der Waals surface area contributed by atoms with E-state index in [1.807, 2.05) is 6.92 Å². The quantitative estimate of drug-likeness (QED) is 0.674. The molecule has 1 aliphatic rings. The Labute approximate surface area is 131 Å². The van der Waals surface area contributed by atoms with E-state index in [0.29, 0.717) is 0 Å². The molecule has 1 aliphatic carbocycles. The smallest absolute Gasteiger partial charge is 0.344 e. The van der Waals surface area contributed by atoms with Crippen molar-refractivity contribution in [3.8, 4) is 5.88 Å². The van der Waals surface area contributed by atoms with Crippen LogP contribution in [0.25, 0.3) is 0 Å². The molecule has 8 heteroatoms. The lowest BCUT2D eigenvalue weighted by atomic mass is 10.1. The van der Waals surface area contributed by atoms with Crippen molar-refractivity contribution >= 4 is 34.9 Å². The first-order valence-corrected chi connectivity index (χ1v) is 7.22. The van der Waals surface area contributed by atoms with Gasteiger partial charge in [-0.05, 0) is 32.6 Å². The fourth-order valence-electron chi connectivity index (χ4n) is 2.26. The van der Waals surface area contributed by atoms with Crippen LogP contribution in [0.3, 0.4) is 0 Å². The van der Waals surface area contributed by atoms with Crippen LogP contribution in [-0.4, -0.2) is 23.2 Å². The summed E-state index contributed by atoms with van der Waals surface area (Å²) in [6, 6.07) is 0. The maximum absolute atomic E-state index is 13.4. The van der Waals surface area contributed by atoms with Crippen LogP contribution >= 0.6 is 23.2 Å². The average Bonchev–Trinajstić information content (AvgIpc) is 2.85. The molecule has 1 saturated carbocycles. The topological polar surface area (TPSA) is 74.4 Å². The summed E-state index contributed by atoms with van der Waals surface area (Å²) in [6.45, 7) is 1.45. The lowest BCUT2D eigenvalue weighted by molar-refractivity contribution is -0.160. The second-order valence-corrected chi connectivity index (χ2v) is 5.93. The number of anilines is 1. The second kappa shape index (κ2) is 6.23. The summed E-state index contributed by atoms with van der Waals surface area (Å²) in [7, 11) is 0. The van der Waals surface area contributed by atoms with Crippen LogP contribution in [-0.2, 0) is 9.53 Å². The fourth-order valence-corrected chi connectivity index (χ4v) is 2.64. The summed E-state index contributed by atoms with van der Waals surface area (Å²) in [5, 5.41) is -0.519. The highest BCUT2D eigenvalue weighted by Gasteiger charge is 2.32. The minimum absolute atomic E-state index is 0.138. The Morgan fingerprint density at radius 2 is 2.00 bits per heavy atom. The van der Waals surface area contributed by atoms with Crippen LogP contribution in [0.5, 0.6) is 5.88 Å². The molecule has 5 nitrogen and oxygen atoms in total. The van der Waals surface area contributed by atoms with Gasteiger partial charge in [0.05, 0.1) is 5.69 Å². The maximum atomic E-state index is 13.4. The normalized spacial score (nSPS) is 16.8. The predicted molar refractivity (Wildman–Crippen MR) is 77.1 cm³/mol. The summed E-state index contributed by atoms with van der Waals surface area (Å²) in [4.78, 5) is 15.2. The first-order valence-electron chi connectivity index (χ1n) is 6.47. The van der Waals surface area contributed by atoms with Crippen molar-refractivity contribution in [2.75, 3.05) is 12.3 Å². The average molecular weight is 337 g/mol. The van der Waals surface area contributed by atoms with Gasteiger partial charge in [0.1, 0.15) is 15.6 Å². The largest absolute Gasteiger partial charge is 0.464 e. The minimum Gasteiger partial charge on any atom is -0.464 e. The molecule has 1 aromatic heterocycles. The van der Waals surface area contributed by atoms with Crippen LogP contribution < -0.4 is 10.5 Å². The SMILES string of the molecule is CC1(OC(=O)COc2nc(F)c(Cl)c(N)c2Cl)CCCC1. The highest BCUT2D eigenvalue weighted by atomic mass is 35.5. The van der Waals surface area contributed by atoms with E-state index in [4.69, 9.17) is 38.4 Å². The van der Waals surface area contributed by atoms with Crippen LogP contribution in [0.15, 0.2) is 0 Å². The molecule has 0 atom stereocenters. The van der Waals surface area contributed by atoms with Crippen molar-refractivity contribution < 1.29 is 18.7 Å². The Kier molecular flexibility index (Phi) is 4.78. The minimum atomic E-state index is -1.01. The third-order valence-corrected chi connectivity index (χ3v) is 4.11. The molecular weight excluding hydrogens is 322 g/mol. The van der Waals surface area contributed by atoms with Crippen molar-refractivity contribution in [2.24, 2.45) is 0 Å². The molecule has 21 heavy (non-hydrogen) atoms. The number of halogens is 3. The lowest BCUT2D eigenvalue weighted by Crippen LogP contribution is -2.30. The molecule has 0 amide bonds. The van der Waals surface area contributed by atoms with Crippen molar-refractivity contribution in [3.63, 3.8) is 0 Å². The van der Waals surface area contributed by atoms with Crippen molar-refractivity contribution in [1.29, 1.82) is 0 Å². The molecule has 2 rings (SSSR count). The number of esters is 1. The van der Waals surface area contributed by atoms with Crippen molar-refractivity contribution in [2.45, 2.75) is 38.2 Å². The second-order valence-electron chi connectivity index (χ2n) is 5.17. The molecule has 0 unspecified atom stereocenters. The monoisotopic (exact) mass is 336 g/mol. The van der Waals surface area contributed by atoms with E-state index in [0.717, 1.165) is 25.7 Å². The van der Waals surface area contributed by atoms with Gasteiger partial charge in [-0.1, -0.05) is 23.2 Å². The number of rotatable bonds is 4. The standard InChI is InChI=1S/C13H15Cl2FN2O3/c1-13(4-2-3-5-13)21-7(19)6-20-12-9(15)10(17)8(14)11(16)18-12/h2-6H2,1H3,(H2,17,18). The fraction of sp³-hybridized carbons (Fsp3) is 0.538. The summed E-state index contributed by atoms with van der Waals surface area (Å²) >= 11 is 11.4.